The van der Waals surface area contributed by atoms with Crippen molar-refractivity contribution in [3.05, 3.63) is 35.1 Å². The first-order chi connectivity index (χ1) is 8.47. The number of rotatable bonds is 5. The summed E-state index contributed by atoms with van der Waals surface area (Å²) in [4.78, 5) is 0. The van der Waals surface area contributed by atoms with Gasteiger partial charge in [0, 0.05) is 12.2 Å². The van der Waals surface area contributed by atoms with Crippen LogP contribution in [-0.4, -0.2) is 6.04 Å². The average molecular weight is 247 g/mol. The zero-order valence-corrected chi connectivity index (χ0v) is 12.9. The lowest BCUT2D eigenvalue weighted by molar-refractivity contribution is 0.250. The smallest absolute Gasteiger partial charge is 0.0281 e. The van der Waals surface area contributed by atoms with E-state index in [0.29, 0.717) is 12.0 Å². The molecule has 1 heteroatoms. The zero-order chi connectivity index (χ0) is 13.7. The molecule has 0 radical (unpaired) electrons. The molecular formula is C17H29N. The van der Waals surface area contributed by atoms with E-state index in [1.54, 1.807) is 0 Å². The predicted molar refractivity (Wildman–Crippen MR) is 81.4 cm³/mol. The van der Waals surface area contributed by atoms with Gasteiger partial charge in [-0.3, -0.25) is 0 Å². The Hall–Kier alpha value is -0.980. The lowest BCUT2D eigenvalue weighted by atomic mass is 9.81. The molecule has 1 fully saturated rings. The molecule has 0 aromatic rings. The molecular weight excluding hydrogens is 218 g/mol. The molecule has 0 spiro atoms. The highest BCUT2D eigenvalue weighted by Gasteiger charge is 2.25. The molecule has 0 amide bonds. The molecule has 0 aromatic carbocycles. The number of nitrogens with one attached hydrogen (secondary N) is 1. The van der Waals surface area contributed by atoms with Gasteiger partial charge >= 0.3 is 0 Å². The SMILES string of the molecule is C\C=C/C(C(/C)=C/N[C@@H]1CCC1C)=C(/C)C(C)C. The highest BCUT2D eigenvalue weighted by atomic mass is 14.9. The van der Waals surface area contributed by atoms with Gasteiger partial charge in [-0.2, -0.15) is 0 Å². The second kappa shape index (κ2) is 6.82. The van der Waals surface area contributed by atoms with E-state index in [-0.39, 0.29) is 0 Å². The van der Waals surface area contributed by atoms with Gasteiger partial charge in [-0.1, -0.05) is 38.5 Å². The Bertz CT molecular complexity index is 358. The van der Waals surface area contributed by atoms with Crippen LogP contribution in [0, 0.1) is 11.8 Å². The van der Waals surface area contributed by atoms with Crippen LogP contribution in [0.15, 0.2) is 35.1 Å². The third-order valence-electron chi connectivity index (χ3n) is 4.18. The fourth-order valence-electron chi connectivity index (χ4n) is 2.28. The molecule has 1 saturated carbocycles. The van der Waals surface area contributed by atoms with E-state index in [9.17, 15) is 0 Å². The van der Waals surface area contributed by atoms with Crippen molar-refractivity contribution in [3.8, 4) is 0 Å². The van der Waals surface area contributed by atoms with Crippen LogP contribution < -0.4 is 5.32 Å². The van der Waals surface area contributed by atoms with E-state index in [4.69, 9.17) is 0 Å². The Balaban J connectivity index is 2.79. The van der Waals surface area contributed by atoms with Crippen LogP contribution in [0.2, 0.25) is 0 Å². The average Bonchev–Trinajstić information content (AvgIpc) is 2.32. The Morgan fingerprint density at radius 3 is 2.28 bits per heavy atom. The summed E-state index contributed by atoms with van der Waals surface area (Å²) in [5.41, 5.74) is 4.19. The highest BCUT2D eigenvalue weighted by molar-refractivity contribution is 5.42. The van der Waals surface area contributed by atoms with Crippen LogP contribution in [-0.2, 0) is 0 Å². The molecule has 1 rings (SSSR count). The van der Waals surface area contributed by atoms with Gasteiger partial charge in [-0.15, -0.1) is 0 Å². The third kappa shape index (κ3) is 3.76. The second-order valence-corrected chi connectivity index (χ2v) is 5.91. The molecule has 0 aliphatic heterocycles. The molecule has 0 aromatic heterocycles. The van der Waals surface area contributed by atoms with Crippen molar-refractivity contribution >= 4 is 0 Å². The molecule has 1 N–H and O–H groups in total. The summed E-state index contributed by atoms with van der Waals surface area (Å²) in [6.07, 6.45) is 9.25. The second-order valence-electron chi connectivity index (χ2n) is 5.91. The minimum Gasteiger partial charge on any atom is -0.388 e. The summed E-state index contributed by atoms with van der Waals surface area (Å²) in [5, 5.41) is 3.57. The summed E-state index contributed by atoms with van der Waals surface area (Å²) in [7, 11) is 0. The lowest BCUT2D eigenvalue weighted by Gasteiger charge is -2.34. The fourth-order valence-corrected chi connectivity index (χ4v) is 2.28. The minimum atomic E-state index is 0.599. The first-order valence-electron chi connectivity index (χ1n) is 7.24. The highest BCUT2D eigenvalue weighted by Crippen LogP contribution is 2.27. The van der Waals surface area contributed by atoms with Crippen molar-refractivity contribution in [3.63, 3.8) is 0 Å². The maximum atomic E-state index is 3.57. The molecule has 102 valence electrons. The molecule has 18 heavy (non-hydrogen) atoms. The van der Waals surface area contributed by atoms with Crippen LogP contribution >= 0.6 is 0 Å². The van der Waals surface area contributed by atoms with Gasteiger partial charge in [0.15, 0.2) is 0 Å². The molecule has 1 aliphatic carbocycles. The van der Waals surface area contributed by atoms with Crippen LogP contribution in [0.1, 0.15) is 54.4 Å². The molecule has 0 saturated heterocycles. The largest absolute Gasteiger partial charge is 0.388 e. The van der Waals surface area contributed by atoms with Gasteiger partial charge in [-0.25, -0.2) is 0 Å². The summed E-state index contributed by atoms with van der Waals surface area (Å²) in [5.74, 6) is 1.43. The van der Waals surface area contributed by atoms with E-state index >= 15 is 0 Å². The summed E-state index contributed by atoms with van der Waals surface area (Å²) >= 11 is 0. The van der Waals surface area contributed by atoms with Gasteiger partial charge in [-0.05, 0) is 56.6 Å². The van der Waals surface area contributed by atoms with Crippen molar-refractivity contribution in [1.29, 1.82) is 0 Å². The monoisotopic (exact) mass is 247 g/mol. The van der Waals surface area contributed by atoms with Crippen molar-refractivity contribution in [1.82, 2.24) is 5.32 Å². The Labute approximate surface area is 113 Å². The van der Waals surface area contributed by atoms with Gasteiger partial charge in [0.05, 0.1) is 0 Å². The Morgan fingerprint density at radius 1 is 1.22 bits per heavy atom. The Morgan fingerprint density at radius 2 is 1.89 bits per heavy atom. The van der Waals surface area contributed by atoms with Crippen LogP contribution in [0.25, 0.3) is 0 Å². The Kier molecular flexibility index (Phi) is 5.71. The zero-order valence-electron chi connectivity index (χ0n) is 12.9. The van der Waals surface area contributed by atoms with Crippen molar-refractivity contribution < 1.29 is 0 Å². The summed E-state index contributed by atoms with van der Waals surface area (Å²) < 4.78 is 0. The maximum Gasteiger partial charge on any atom is 0.0281 e. The first-order valence-corrected chi connectivity index (χ1v) is 7.24. The number of hydrogen-bond donors (Lipinski definition) is 1. The van der Waals surface area contributed by atoms with Crippen molar-refractivity contribution in [2.75, 3.05) is 0 Å². The first kappa shape index (κ1) is 15.1. The van der Waals surface area contributed by atoms with Gasteiger partial charge < -0.3 is 5.32 Å². The molecule has 2 atom stereocenters. The third-order valence-corrected chi connectivity index (χ3v) is 4.18. The predicted octanol–water partition coefficient (Wildman–Crippen LogP) is 4.83. The van der Waals surface area contributed by atoms with Crippen LogP contribution in [0.3, 0.4) is 0 Å². The standard InChI is InChI=1S/C17H29N/c1-7-8-16(15(6)12(2)3)14(5)11-18-17-10-9-13(17)4/h7-8,11-13,17-18H,9-10H2,1-6H3/b8-7-,14-11+,16-15+/t13?,17-/m1/s1. The minimum absolute atomic E-state index is 0.599. The molecule has 1 nitrogen and oxygen atoms in total. The van der Waals surface area contributed by atoms with E-state index < -0.39 is 0 Å². The normalized spacial score (nSPS) is 26.3. The van der Waals surface area contributed by atoms with Crippen LogP contribution in [0.5, 0.6) is 0 Å². The van der Waals surface area contributed by atoms with E-state index in [0.717, 1.165) is 5.92 Å². The van der Waals surface area contributed by atoms with Gasteiger partial charge in [0.2, 0.25) is 0 Å². The fraction of sp³-hybridized carbons (Fsp3) is 0.647. The molecule has 0 heterocycles. The van der Waals surface area contributed by atoms with E-state index in [1.165, 1.54) is 29.6 Å². The summed E-state index contributed by atoms with van der Waals surface area (Å²) in [6.45, 7) is 13.4. The van der Waals surface area contributed by atoms with Crippen molar-refractivity contribution in [2.24, 2.45) is 11.8 Å². The van der Waals surface area contributed by atoms with Gasteiger partial charge in [0.1, 0.15) is 0 Å². The van der Waals surface area contributed by atoms with E-state index in [1.807, 2.05) is 0 Å². The van der Waals surface area contributed by atoms with Crippen LogP contribution in [0.4, 0.5) is 0 Å². The number of hydrogen-bond acceptors (Lipinski definition) is 1. The van der Waals surface area contributed by atoms with Gasteiger partial charge in [0.25, 0.3) is 0 Å². The quantitative estimate of drug-likeness (QED) is 0.686. The lowest BCUT2D eigenvalue weighted by Crippen LogP contribution is -2.39. The molecule has 1 unspecified atom stereocenters. The molecule has 1 aliphatic rings. The number of allylic oxidation sites excluding steroid dienone is 5. The molecule has 0 bridgehead atoms. The maximum absolute atomic E-state index is 3.57. The topological polar surface area (TPSA) is 12.0 Å². The van der Waals surface area contributed by atoms with Crippen molar-refractivity contribution in [2.45, 2.75) is 60.4 Å². The van der Waals surface area contributed by atoms with E-state index in [2.05, 4.69) is 65.2 Å². The summed E-state index contributed by atoms with van der Waals surface area (Å²) in [6, 6.07) is 0.686.